The molecule has 0 unspecified atom stereocenters. The smallest absolute Gasteiger partial charge is 0.205 e. The molecule has 50 valence electrons. The molecule has 0 saturated carbocycles. The number of aromatic nitrogens is 1. The van der Waals surface area contributed by atoms with Gasteiger partial charge >= 0.3 is 0 Å². The van der Waals surface area contributed by atoms with E-state index in [9.17, 15) is 4.79 Å². The highest BCUT2D eigenvalue weighted by atomic mass is 16.1. The van der Waals surface area contributed by atoms with Crippen molar-refractivity contribution < 1.29 is 0 Å². The second-order valence-corrected chi connectivity index (χ2v) is 1.78. The minimum Gasteiger partial charge on any atom is -0.394 e. The van der Waals surface area contributed by atoms with Crippen molar-refractivity contribution >= 4 is 5.69 Å². The van der Waals surface area contributed by atoms with Crippen molar-refractivity contribution in [3.8, 4) is 6.07 Å². The van der Waals surface area contributed by atoms with Gasteiger partial charge in [-0.3, -0.25) is 4.79 Å². The van der Waals surface area contributed by atoms with E-state index in [-0.39, 0.29) is 16.8 Å². The SMILES string of the molecule is N#Cc1cc(=O)c(N)c[nH]1. The molecule has 0 aromatic carbocycles. The van der Waals surface area contributed by atoms with Gasteiger partial charge in [0.05, 0.1) is 5.69 Å². The fourth-order valence-electron chi connectivity index (χ4n) is 0.547. The van der Waals surface area contributed by atoms with E-state index in [1.54, 1.807) is 6.07 Å². The Kier molecular flexibility index (Phi) is 1.42. The van der Waals surface area contributed by atoms with E-state index in [0.717, 1.165) is 6.07 Å². The lowest BCUT2D eigenvalue weighted by molar-refractivity contribution is 1.25. The number of pyridine rings is 1. The first-order chi connectivity index (χ1) is 4.74. The summed E-state index contributed by atoms with van der Waals surface area (Å²) in [6.07, 6.45) is 1.31. The maximum atomic E-state index is 10.7. The van der Waals surface area contributed by atoms with Gasteiger partial charge in [-0.15, -0.1) is 0 Å². The Labute approximate surface area is 56.9 Å². The van der Waals surface area contributed by atoms with Crippen LogP contribution in [-0.2, 0) is 0 Å². The van der Waals surface area contributed by atoms with Crippen molar-refractivity contribution in [2.45, 2.75) is 0 Å². The number of nitrogens with two attached hydrogens (primary N) is 1. The highest BCUT2D eigenvalue weighted by molar-refractivity contribution is 5.37. The number of nitrogens with one attached hydrogen (secondary N) is 1. The first-order valence-electron chi connectivity index (χ1n) is 2.62. The van der Waals surface area contributed by atoms with E-state index in [1.807, 2.05) is 0 Å². The number of rotatable bonds is 0. The van der Waals surface area contributed by atoms with Crippen molar-refractivity contribution in [2.75, 3.05) is 5.73 Å². The summed E-state index contributed by atoms with van der Waals surface area (Å²) in [6, 6.07) is 2.95. The third-order valence-corrected chi connectivity index (χ3v) is 1.06. The normalized spacial score (nSPS) is 8.70. The zero-order valence-corrected chi connectivity index (χ0v) is 5.09. The molecule has 1 aromatic heterocycles. The molecule has 1 aromatic rings. The Bertz CT molecular complexity index is 334. The Hall–Kier alpha value is -1.76. The van der Waals surface area contributed by atoms with Gasteiger partial charge in [-0.25, -0.2) is 0 Å². The van der Waals surface area contributed by atoms with Gasteiger partial charge in [-0.2, -0.15) is 5.26 Å². The van der Waals surface area contributed by atoms with Crippen LogP contribution in [0.1, 0.15) is 5.69 Å². The predicted molar refractivity (Wildman–Crippen MR) is 36.2 cm³/mol. The summed E-state index contributed by atoms with van der Waals surface area (Å²) in [5.74, 6) is 0. The molecule has 3 N–H and O–H groups in total. The van der Waals surface area contributed by atoms with Crippen LogP contribution in [0.5, 0.6) is 0 Å². The van der Waals surface area contributed by atoms with E-state index < -0.39 is 0 Å². The molecule has 0 aliphatic rings. The number of nitrogens with zero attached hydrogens (tertiary/aromatic N) is 1. The van der Waals surface area contributed by atoms with Gasteiger partial charge in [-0.05, 0) is 0 Å². The molecule has 0 fully saturated rings. The van der Waals surface area contributed by atoms with Gasteiger partial charge in [-0.1, -0.05) is 0 Å². The maximum absolute atomic E-state index is 10.7. The quantitative estimate of drug-likeness (QED) is 0.518. The molecule has 0 spiro atoms. The lowest BCUT2D eigenvalue weighted by Gasteiger charge is -1.89. The lowest BCUT2D eigenvalue weighted by atomic mass is 10.3. The third kappa shape index (κ3) is 0.977. The van der Waals surface area contributed by atoms with Gasteiger partial charge in [0.25, 0.3) is 0 Å². The molecular weight excluding hydrogens is 130 g/mol. The zero-order valence-electron chi connectivity index (χ0n) is 5.09. The summed E-state index contributed by atoms with van der Waals surface area (Å²) in [4.78, 5) is 13.2. The van der Waals surface area contributed by atoms with Gasteiger partial charge in [0.1, 0.15) is 11.8 Å². The second kappa shape index (κ2) is 2.23. The molecule has 0 amide bonds. The van der Waals surface area contributed by atoms with Crippen molar-refractivity contribution in [2.24, 2.45) is 0 Å². The standard InChI is InChI=1S/C6H5N3O/c7-2-4-1-6(10)5(8)3-9-4/h1,3H,8H2,(H,9,10). The number of aromatic amines is 1. The Morgan fingerprint density at radius 1 is 1.70 bits per heavy atom. The van der Waals surface area contributed by atoms with Crippen LogP contribution in [0.25, 0.3) is 0 Å². The number of nitriles is 1. The summed E-state index contributed by atoms with van der Waals surface area (Å²) < 4.78 is 0. The topological polar surface area (TPSA) is 82.7 Å². The van der Waals surface area contributed by atoms with Crippen molar-refractivity contribution in [1.82, 2.24) is 4.98 Å². The summed E-state index contributed by atoms with van der Waals surface area (Å²) >= 11 is 0. The molecule has 0 aliphatic heterocycles. The maximum Gasteiger partial charge on any atom is 0.205 e. The minimum atomic E-state index is -0.324. The Morgan fingerprint density at radius 3 is 2.90 bits per heavy atom. The summed E-state index contributed by atoms with van der Waals surface area (Å²) in [7, 11) is 0. The van der Waals surface area contributed by atoms with Gasteiger partial charge in [0.2, 0.25) is 5.43 Å². The van der Waals surface area contributed by atoms with Crippen LogP contribution >= 0.6 is 0 Å². The monoisotopic (exact) mass is 135 g/mol. The van der Waals surface area contributed by atoms with Crippen LogP contribution < -0.4 is 11.2 Å². The zero-order chi connectivity index (χ0) is 7.56. The minimum absolute atomic E-state index is 0.124. The molecule has 10 heavy (non-hydrogen) atoms. The van der Waals surface area contributed by atoms with E-state index >= 15 is 0 Å². The van der Waals surface area contributed by atoms with Crippen molar-refractivity contribution in [3.63, 3.8) is 0 Å². The fourth-order valence-corrected chi connectivity index (χ4v) is 0.547. The Balaban J connectivity index is 3.34. The molecule has 0 aliphatic carbocycles. The van der Waals surface area contributed by atoms with Gasteiger partial charge in [0.15, 0.2) is 0 Å². The van der Waals surface area contributed by atoms with E-state index in [4.69, 9.17) is 11.0 Å². The van der Waals surface area contributed by atoms with Crippen molar-refractivity contribution in [3.05, 3.63) is 28.2 Å². The molecule has 0 bridgehead atoms. The molecule has 1 rings (SSSR count). The lowest BCUT2D eigenvalue weighted by Crippen LogP contribution is -2.07. The molecule has 1 heterocycles. The molecule has 4 nitrogen and oxygen atoms in total. The first-order valence-corrected chi connectivity index (χ1v) is 2.62. The number of hydrogen-bond donors (Lipinski definition) is 2. The molecule has 0 atom stereocenters. The average Bonchev–Trinajstić information content (AvgIpc) is 1.95. The van der Waals surface area contributed by atoms with Crippen LogP contribution in [-0.4, -0.2) is 4.98 Å². The van der Waals surface area contributed by atoms with E-state index in [0.29, 0.717) is 0 Å². The first kappa shape index (κ1) is 6.36. The highest BCUT2D eigenvalue weighted by Gasteiger charge is 1.93. The van der Waals surface area contributed by atoms with Crippen LogP contribution in [0.2, 0.25) is 0 Å². The van der Waals surface area contributed by atoms with Gasteiger partial charge < -0.3 is 10.7 Å². The highest BCUT2D eigenvalue weighted by Crippen LogP contribution is 1.90. The summed E-state index contributed by atoms with van der Waals surface area (Å²) in [5.41, 5.74) is 5.21. The van der Waals surface area contributed by atoms with Crippen molar-refractivity contribution in [1.29, 1.82) is 5.26 Å². The van der Waals surface area contributed by atoms with Crippen LogP contribution in [0, 0.1) is 11.3 Å². The predicted octanol–water partition coefficient (Wildman–Crippen LogP) is -0.171. The second-order valence-electron chi connectivity index (χ2n) is 1.78. The number of anilines is 1. The summed E-state index contributed by atoms with van der Waals surface area (Å²) in [6.45, 7) is 0. The van der Waals surface area contributed by atoms with Crippen LogP contribution in [0.4, 0.5) is 5.69 Å². The van der Waals surface area contributed by atoms with E-state index in [2.05, 4.69) is 4.98 Å². The largest absolute Gasteiger partial charge is 0.394 e. The molecular formula is C6H5N3O. The fraction of sp³-hybridized carbons (Fsp3) is 0. The molecule has 4 heteroatoms. The summed E-state index contributed by atoms with van der Waals surface area (Å²) in [5, 5.41) is 8.29. The molecule has 0 radical (unpaired) electrons. The Morgan fingerprint density at radius 2 is 2.40 bits per heavy atom. The van der Waals surface area contributed by atoms with E-state index in [1.165, 1.54) is 6.20 Å². The van der Waals surface area contributed by atoms with Crippen LogP contribution in [0.15, 0.2) is 17.1 Å². The number of H-pyrrole nitrogens is 1. The average molecular weight is 135 g/mol. The van der Waals surface area contributed by atoms with Gasteiger partial charge in [0, 0.05) is 12.3 Å². The van der Waals surface area contributed by atoms with Crippen LogP contribution in [0.3, 0.4) is 0 Å². The molecule has 0 saturated heterocycles. The number of nitrogen functional groups attached to an aromatic ring is 1. The number of hydrogen-bond acceptors (Lipinski definition) is 3. The third-order valence-electron chi connectivity index (χ3n) is 1.06.